The average molecular weight is 1010 g/mol. The molecule has 7 N–H and O–H groups in total. The molecule has 0 aromatic carbocycles. The average Bonchev–Trinajstić information content (AvgIpc) is 3.36. The molecule has 4 unspecified atom stereocenters. The summed E-state index contributed by atoms with van der Waals surface area (Å²) in [4.78, 5) is 25.8. The van der Waals surface area contributed by atoms with Crippen LogP contribution in [0.4, 0.5) is 0 Å². The minimum absolute atomic E-state index is 0.0383. The predicted molar refractivity (Wildman–Crippen MR) is 275 cm³/mol. The van der Waals surface area contributed by atoms with Gasteiger partial charge in [-0.05, 0) is 51.4 Å². The van der Waals surface area contributed by atoms with Crippen molar-refractivity contribution in [2.24, 2.45) is 0 Å². The van der Waals surface area contributed by atoms with E-state index in [0.717, 1.165) is 51.4 Å². The molecule has 15 heteroatoms. The van der Waals surface area contributed by atoms with Crippen molar-refractivity contribution < 1.29 is 73.8 Å². The van der Waals surface area contributed by atoms with Gasteiger partial charge in [0.1, 0.15) is 55.4 Å². The largest absolute Gasteiger partial charge is 0.462 e. The standard InChI is InChI=1S/C56H94O15/c1-3-5-7-9-11-13-15-17-19-21-22-23-25-27-29-31-33-35-37-39-48(59)69-44(41-66-47(58)38-36-34-32-30-28-26-24-20-18-16-14-12-10-8-6-4-2)42-67-55-54(65)52(63)50(61)46(71-55)43-68-56-53(64)51(62)49(60)45(40-57)70-56/h5,7,11,13,17,19,22-23,27,29,33,35,44-46,49-57,60-65H,3-4,6,8-10,12,14-16,18,20-21,24-26,28,30-32,34,36-43H2,1-2H3/b7-5+,13-11+,19-17+,23-22+,29-27+,35-33+/t44-,45+,46+,49-,50-,51?,52?,53?,54?,55+,56+/m1/s1. The van der Waals surface area contributed by atoms with Gasteiger partial charge in [-0.15, -0.1) is 0 Å². The minimum atomic E-state index is -1.78. The van der Waals surface area contributed by atoms with Gasteiger partial charge in [-0.3, -0.25) is 9.59 Å². The van der Waals surface area contributed by atoms with Crippen LogP contribution in [0.25, 0.3) is 0 Å². The number of rotatable bonds is 41. The number of esters is 2. The first-order chi connectivity index (χ1) is 34.5. The molecule has 0 saturated carbocycles. The molecular weight excluding hydrogens is 913 g/mol. The highest BCUT2D eigenvalue weighted by Crippen LogP contribution is 2.26. The highest BCUT2D eigenvalue weighted by Gasteiger charge is 2.47. The lowest BCUT2D eigenvalue weighted by atomic mass is 9.98. The van der Waals surface area contributed by atoms with Gasteiger partial charge in [-0.1, -0.05) is 183 Å². The van der Waals surface area contributed by atoms with Crippen molar-refractivity contribution >= 4 is 11.9 Å². The number of unbranched alkanes of at least 4 members (excludes halogenated alkanes) is 15. The fourth-order valence-corrected chi connectivity index (χ4v) is 8.07. The summed E-state index contributed by atoms with van der Waals surface area (Å²) in [7, 11) is 0. The van der Waals surface area contributed by atoms with Crippen LogP contribution in [0, 0.1) is 0 Å². The van der Waals surface area contributed by atoms with E-state index in [1.54, 1.807) is 0 Å². The Morgan fingerprint density at radius 3 is 1.37 bits per heavy atom. The SMILES string of the molecule is CC/C=C/C/C=C/C/C=C/C/C=C/C/C=C/C/C=C/CCC(=O)O[C@H](COC(=O)CCCCCCCCCCCCCCCCCC)CO[C@H]1O[C@@H](CO[C@H]2O[C@@H](CO)[C@@H](O)C(O)C2O)[C@@H](O)C(O)C1O. The number of aliphatic hydroxyl groups excluding tert-OH is 7. The monoisotopic (exact) mass is 1010 g/mol. The van der Waals surface area contributed by atoms with E-state index < -0.39 is 99.3 Å². The van der Waals surface area contributed by atoms with E-state index in [0.29, 0.717) is 19.3 Å². The van der Waals surface area contributed by atoms with Gasteiger partial charge in [0.2, 0.25) is 0 Å². The zero-order valence-corrected chi connectivity index (χ0v) is 43.2. The van der Waals surface area contributed by atoms with Gasteiger partial charge in [-0.25, -0.2) is 0 Å². The van der Waals surface area contributed by atoms with Crippen LogP contribution in [0.1, 0.15) is 174 Å². The second kappa shape index (κ2) is 42.3. The van der Waals surface area contributed by atoms with Crippen LogP contribution < -0.4 is 0 Å². The number of carbonyl (C=O) groups is 2. The Bertz CT molecular complexity index is 1510. The molecule has 0 bridgehead atoms. The molecule has 11 atom stereocenters. The zero-order valence-electron chi connectivity index (χ0n) is 43.2. The maximum absolute atomic E-state index is 13.0. The van der Waals surface area contributed by atoms with Gasteiger partial charge in [0, 0.05) is 12.8 Å². The molecule has 2 heterocycles. The predicted octanol–water partition coefficient (Wildman–Crippen LogP) is 8.21. The van der Waals surface area contributed by atoms with Gasteiger partial charge in [0.25, 0.3) is 0 Å². The molecule has 2 aliphatic heterocycles. The van der Waals surface area contributed by atoms with Crippen LogP contribution in [0.2, 0.25) is 0 Å². The van der Waals surface area contributed by atoms with Crippen LogP contribution in [-0.2, 0) is 38.0 Å². The summed E-state index contributed by atoms with van der Waals surface area (Å²) in [5.41, 5.74) is 0. The van der Waals surface area contributed by atoms with Crippen molar-refractivity contribution in [1.29, 1.82) is 0 Å². The van der Waals surface area contributed by atoms with E-state index in [1.165, 1.54) is 77.0 Å². The maximum Gasteiger partial charge on any atom is 0.306 e. The van der Waals surface area contributed by atoms with Crippen LogP contribution in [0.5, 0.6) is 0 Å². The van der Waals surface area contributed by atoms with E-state index >= 15 is 0 Å². The Morgan fingerprint density at radius 1 is 0.465 bits per heavy atom. The molecular formula is C56H94O15. The zero-order chi connectivity index (χ0) is 51.7. The molecule has 0 amide bonds. The Hall–Kier alpha value is -3.06. The second-order valence-electron chi connectivity index (χ2n) is 18.7. The van der Waals surface area contributed by atoms with Crippen molar-refractivity contribution in [2.45, 2.75) is 242 Å². The molecule has 2 saturated heterocycles. The number of aliphatic hydroxyl groups is 7. The van der Waals surface area contributed by atoms with Crippen molar-refractivity contribution in [3.63, 3.8) is 0 Å². The molecule has 408 valence electrons. The van der Waals surface area contributed by atoms with Crippen molar-refractivity contribution in [2.75, 3.05) is 26.4 Å². The van der Waals surface area contributed by atoms with Gasteiger partial charge >= 0.3 is 11.9 Å². The lowest BCUT2D eigenvalue weighted by molar-refractivity contribution is -0.332. The van der Waals surface area contributed by atoms with Gasteiger partial charge in [0.15, 0.2) is 18.7 Å². The topological polar surface area (TPSA) is 231 Å². The van der Waals surface area contributed by atoms with E-state index in [-0.39, 0.29) is 19.4 Å². The number of hydrogen-bond acceptors (Lipinski definition) is 15. The third kappa shape index (κ3) is 30.0. The summed E-state index contributed by atoms with van der Waals surface area (Å²) in [6, 6.07) is 0. The lowest BCUT2D eigenvalue weighted by Gasteiger charge is -2.42. The molecule has 15 nitrogen and oxygen atoms in total. The Labute approximate surface area is 425 Å². The summed E-state index contributed by atoms with van der Waals surface area (Å²) >= 11 is 0. The molecule has 2 rings (SSSR count). The summed E-state index contributed by atoms with van der Waals surface area (Å²) in [5.74, 6) is -1.02. The molecule has 2 aliphatic rings. The first kappa shape index (κ1) is 64.1. The first-order valence-corrected chi connectivity index (χ1v) is 27.0. The Morgan fingerprint density at radius 2 is 0.887 bits per heavy atom. The number of ether oxygens (including phenoxy) is 6. The number of hydrogen-bond donors (Lipinski definition) is 7. The molecule has 0 spiro atoms. The van der Waals surface area contributed by atoms with Crippen molar-refractivity contribution in [3.8, 4) is 0 Å². The Balaban J connectivity index is 1.83. The van der Waals surface area contributed by atoms with Crippen LogP contribution in [-0.4, -0.2) is 142 Å². The number of carbonyl (C=O) groups excluding carboxylic acids is 2. The third-order valence-corrected chi connectivity index (χ3v) is 12.5. The normalized spacial score (nSPS) is 25.8. The Kier molecular flexibility index (Phi) is 38.2. The van der Waals surface area contributed by atoms with E-state index in [9.17, 15) is 45.3 Å². The molecule has 2 fully saturated rings. The molecule has 0 aromatic rings. The van der Waals surface area contributed by atoms with Gasteiger partial charge < -0.3 is 64.2 Å². The van der Waals surface area contributed by atoms with Crippen LogP contribution in [0.3, 0.4) is 0 Å². The summed E-state index contributed by atoms with van der Waals surface area (Å²) < 4.78 is 33.5. The first-order valence-electron chi connectivity index (χ1n) is 27.0. The van der Waals surface area contributed by atoms with Crippen LogP contribution in [0.15, 0.2) is 72.9 Å². The molecule has 0 radical (unpaired) electrons. The van der Waals surface area contributed by atoms with E-state index in [4.69, 9.17) is 28.4 Å². The van der Waals surface area contributed by atoms with Crippen molar-refractivity contribution in [3.05, 3.63) is 72.9 Å². The second-order valence-corrected chi connectivity index (χ2v) is 18.7. The van der Waals surface area contributed by atoms with E-state index in [2.05, 4.69) is 74.6 Å². The van der Waals surface area contributed by atoms with Crippen molar-refractivity contribution in [1.82, 2.24) is 0 Å². The highest BCUT2D eigenvalue weighted by molar-refractivity contribution is 5.70. The smallest absolute Gasteiger partial charge is 0.306 e. The molecule has 0 aromatic heterocycles. The molecule has 0 aliphatic carbocycles. The van der Waals surface area contributed by atoms with E-state index in [1.807, 2.05) is 12.2 Å². The van der Waals surface area contributed by atoms with Gasteiger partial charge in [0.05, 0.1) is 19.8 Å². The lowest BCUT2D eigenvalue weighted by Crippen LogP contribution is -2.61. The van der Waals surface area contributed by atoms with Crippen LogP contribution >= 0.6 is 0 Å². The summed E-state index contributed by atoms with van der Waals surface area (Å²) in [5, 5.41) is 72.1. The number of allylic oxidation sites excluding steroid dienone is 12. The maximum atomic E-state index is 13.0. The fourth-order valence-electron chi connectivity index (χ4n) is 8.07. The fraction of sp³-hybridized carbons (Fsp3) is 0.750. The van der Waals surface area contributed by atoms with Gasteiger partial charge in [-0.2, -0.15) is 0 Å². The summed E-state index contributed by atoms with van der Waals surface area (Å²) in [6.45, 7) is 2.40. The quantitative estimate of drug-likeness (QED) is 0.0174. The minimum Gasteiger partial charge on any atom is -0.462 e. The highest BCUT2D eigenvalue weighted by atomic mass is 16.7. The third-order valence-electron chi connectivity index (χ3n) is 12.5. The molecule has 71 heavy (non-hydrogen) atoms. The summed E-state index contributed by atoms with van der Waals surface area (Å²) in [6.07, 6.45) is 33.7.